The van der Waals surface area contributed by atoms with E-state index in [2.05, 4.69) is 5.32 Å². The summed E-state index contributed by atoms with van der Waals surface area (Å²) < 4.78 is 24.8. The van der Waals surface area contributed by atoms with Crippen LogP contribution in [0.25, 0.3) is 0 Å². The molecule has 2 unspecified atom stereocenters. The Balaban J connectivity index is 4.16. The van der Waals surface area contributed by atoms with Crippen molar-refractivity contribution in [1.82, 2.24) is 5.32 Å². The molecule has 0 spiro atoms. The number of aliphatic carboxylic acids is 1. The lowest BCUT2D eigenvalue weighted by Gasteiger charge is -2.19. The van der Waals surface area contributed by atoms with Gasteiger partial charge in [-0.2, -0.15) is 0 Å². The van der Waals surface area contributed by atoms with Crippen molar-refractivity contribution < 1.29 is 18.7 Å². The summed E-state index contributed by atoms with van der Waals surface area (Å²) in [5.41, 5.74) is 10.0. The van der Waals surface area contributed by atoms with E-state index in [4.69, 9.17) is 22.0 Å². The van der Waals surface area contributed by atoms with Gasteiger partial charge in [-0.05, 0) is 6.42 Å². The molecule has 8 heteroatoms. The van der Waals surface area contributed by atoms with Crippen molar-refractivity contribution in [2.45, 2.75) is 18.9 Å². The molecule has 7 N–H and O–H groups in total. The maximum absolute atomic E-state index is 12.4. The van der Waals surface area contributed by atoms with Crippen LogP contribution in [0.4, 0.5) is 8.78 Å². The van der Waals surface area contributed by atoms with Crippen LogP contribution in [0.3, 0.4) is 0 Å². The minimum Gasteiger partial charge on any atom is -0.480 e. The molecule has 0 aromatic heterocycles. The molecular weight excluding hydrogens is 210 g/mol. The second-order valence-corrected chi connectivity index (χ2v) is 2.99. The summed E-state index contributed by atoms with van der Waals surface area (Å²) in [5.74, 6) is -3.27. The first-order chi connectivity index (χ1) is 6.86. The van der Waals surface area contributed by atoms with Gasteiger partial charge in [0, 0.05) is 12.5 Å². The largest absolute Gasteiger partial charge is 0.480 e. The van der Waals surface area contributed by atoms with Crippen molar-refractivity contribution in [3.8, 4) is 0 Å². The molecule has 0 heterocycles. The van der Waals surface area contributed by atoms with Gasteiger partial charge in [0.15, 0.2) is 5.96 Å². The van der Waals surface area contributed by atoms with Gasteiger partial charge in [-0.1, -0.05) is 0 Å². The highest BCUT2D eigenvalue weighted by Crippen LogP contribution is 2.17. The number of halogens is 2. The topological polar surface area (TPSA) is 125 Å². The Morgan fingerprint density at radius 3 is 2.40 bits per heavy atom. The summed E-state index contributed by atoms with van der Waals surface area (Å²) in [6.45, 7) is -0.00861. The van der Waals surface area contributed by atoms with Crippen LogP contribution in [0.1, 0.15) is 6.42 Å². The van der Waals surface area contributed by atoms with E-state index < -0.39 is 24.4 Å². The van der Waals surface area contributed by atoms with Crippen LogP contribution < -0.4 is 16.8 Å². The predicted molar refractivity (Wildman–Crippen MR) is 49.6 cm³/mol. The predicted octanol–water partition coefficient (Wildman–Crippen LogP) is -0.847. The van der Waals surface area contributed by atoms with Gasteiger partial charge < -0.3 is 21.9 Å². The van der Waals surface area contributed by atoms with Crippen molar-refractivity contribution in [2.75, 3.05) is 6.54 Å². The molecule has 0 aliphatic heterocycles. The van der Waals surface area contributed by atoms with E-state index in [1.165, 1.54) is 0 Å². The molecule has 0 amide bonds. The van der Waals surface area contributed by atoms with Crippen molar-refractivity contribution in [2.24, 2.45) is 17.4 Å². The second-order valence-electron chi connectivity index (χ2n) is 2.99. The average molecular weight is 224 g/mol. The Labute approximate surface area is 85.1 Å². The third-order valence-electron chi connectivity index (χ3n) is 1.86. The molecule has 0 aromatic rings. The third-order valence-corrected chi connectivity index (χ3v) is 1.86. The lowest BCUT2D eigenvalue weighted by molar-refractivity contribution is -0.141. The fraction of sp³-hybridized carbons (Fsp3) is 0.714. The average Bonchev–Trinajstić information content (AvgIpc) is 2.10. The highest BCUT2D eigenvalue weighted by atomic mass is 19.3. The van der Waals surface area contributed by atoms with Gasteiger partial charge in [-0.15, -0.1) is 0 Å². The van der Waals surface area contributed by atoms with E-state index in [1.807, 2.05) is 0 Å². The molecule has 2 atom stereocenters. The molecule has 0 aliphatic carbocycles. The van der Waals surface area contributed by atoms with Crippen molar-refractivity contribution in [3.63, 3.8) is 0 Å². The zero-order chi connectivity index (χ0) is 12.0. The van der Waals surface area contributed by atoms with Crippen LogP contribution in [0.15, 0.2) is 0 Å². The first kappa shape index (κ1) is 13.6. The zero-order valence-electron chi connectivity index (χ0n) is 7.91. The summed E-state index contributed by atoms with van der Waals surface area (Å²) in [4.78, 5) is 10.4. The Kier molecular flexibility index (Phi) is 5.53. The highest BCUT2D eigenvalue weighted by Gasteiger charge is 2.31. The van der Waals surface area contributed by atoms with Crippen LogP contribution in [0, 0.1) is 11.3 Å². The molecular formula is C7H14F2N4O2. The standard InChI is InChI=1S/C7H14F2N4O2/c8-5(9)3(4(10)6(14)15)1-2-13-7(11)12/h3-5H,1-2,10H2,(H,14,15)(H4,11,12,13). The number of rotatable bonds is 6. The van der Waals surface area contributed by atoms with Crippen LogP contribution in [0.5, 0.6) is 0 Å². The first-order valence-corrected chi connectivity index (χ1v) is 4.20. The third kappa shape index (κ3) is 5.11. The Morgan fingerprint density at radius 1 is 1.53 bits per heavy atom. The molecule has 6 nitrogen and oxygen atoms in total. The number of hydrogen-bond acceptors (Lipinski definition) is 3. The van der Waals surface area contributed by atoms with E-state index in [9.17, 15) is 13.6 Å². The molecule has 0 bridgehead atoms. The van der Waals surface area contributed by atoms with Crippen molar-refractivity contribution in [3.05, 3.63) is 0 Å². The summed E-state index contributed by atoms with van der Waals surface area (Å²) >= 11 is 0. The maximum Gasteiger partial charge on any atom is 0.320 e. The number of carbonyl (C=O) groups is 1. The molecule has 0 saturated carbocycles. The fourth-order valence-corrected chi connectivity index (χ4v) is 1.02. The number of alkyl halides is 2. The Hall–Kier alpha value is -1.44. The molecule has 88 valence electrons. The summed E-state index contributed by atoms with van der Waals surface area (Å²) in [5, 5.41) is 17.5. The smallest absolute Gasteiger partial charge is 0.320 e. The summed E-state index contributed by atoms with van der Waals surface area (Å²) in [7, 11) is 0. The Bertz CT molecular complexity index is 237. The SMILES string of the molecule is N=C(N)NCCC(C(F)F)C(N)C(=O)O. The van der Waals surface area contributed by atoms with E-state index >= 15 is 0 Å². The van der Waals surface area contributed by atoms with Gasteiger partial charge in [0.1, 0.15) is 6.04 Å². The number of nitrogens with one attached hydrogen (secondary N) is 2. The van der Waals surface area contributed by atoms with Gasteiger partial charge in [0.2, 0.25) is 6.43 Å². The lowest BCUT2D eigenvalue weighted by Crippen LogP contribution is -2.43. The van der Waals surface area contributed by atoms with Gasteiger partial charge in [-0.3, -0.25) is 10.2 Å². The van der Waals surface area contributed by atoms with Crippen molar-refractivity contribution >= 4 is 11.9 Å². The minimum absolute atomic E-state index is 0.00861. The zero-order valence-corrected chi connectivity index (χ0v) is 7.91. The van der Waals surface area contributed by atoms with Gasteiger partial charge in [-0.25, -0.2) is 8.78 Å². The number of guanidine groups is 1. The molecule has 15 heavy (non-hydrogen) atoms. The van der Waals surface area contributed by atoms with Gasteiger partial charge in [0.05, 0.1) is 0 Å². The van der Waals surface area contributed by atoms with Crippen LogP contribution in [0.2, 0.25) is 0 Å². The van der Waals surface area contributed by atoms with E-state index in [0.717, 1.165) is 0 Å². The number of nitrogens with two attached hydrogens (primary N) is 2. The maximum atomic E-state index is 12.4. The summed E-state index contributed by atoms with van der Waals surface area (Å²) in [6.07, 6.45) is -2.98. The van der Waals surface area contributed by atoms with E-state index in [-0.39, 0.29) is 18.9 Å². The number of carboxylic acids is 1. The van der Waals surface area contributed by atoms with Gasteiger partial charge >= 0.3 is 5.97 Å². The highest BCUT2D eigenvalue weighted by molar-refractivity contribution is 5.74. The second kappa shape index (κ2) is 6.12. The quantitative estimate of drug-likeness (QED) is 0.297. The normalized spacial score (nSPS) is 14.7. The van der Waals surface area contributed by atoms with E-state index in [1.54, 1.807) is 0 Å². The van der Waals surface area contributed by atoms with E-state index in [0.29, 0.717) is 0 Å². The molecule has 0 aromatic carbocycles. The lowest BCUT2D eigenvalue weighted by atomic mass is 9.97. The molecule has 0 fully saturated rings. The van der Waals surface area contributed by atoms with Crippen LogP contribution in [-0.2, 0) is 4.79 Å². The fourth-order valence-electron chi connectivity index (χ4n) is 1.02. The van der Waals surface area contributed by atoms with Gasteiger partial charge in [0.25, 0.3) is 0 Å². The summed E-state index contributed by atoms with van der Waals surface area (Å²) in [6, 6.07) is -1.61. The first-order valence-electron chi connectivity index (χ1n) is 4.20. The molecule has 0 radical (unpaired) electrons. The number of carboxylic acid groups (broad SMARTS) is 1. The molecule has 0 aliphatic rings. The van der Waals surface area contributed by atoms with Crippen molar-refractivity contribution in [1.29, 1.82) is 5.41 Å². The monoisotopic (exact) mass is 224 g/mol. The molecule has 0 saturated heterocycles. The minimum atomic E-state index is -2.81. The molecule has 0 rings (SSSR count). The Morgan fingerprint density at radius 2 is 2.07 bits per heavy atom. The number of hydrogen-bond donors (Lipinski definition) is 5. The van der Waals surface area contributed by atoms with Crippen LogP contribution in [-0.4, -0.2) is 36.0 Å². The van der Waals surface area contributed by atoms with Crippen LogP contribution >= 0.6 is 0 Å².